The second-order valence-electron chi connectivity index (χ2n) is 4.96. The van der Waals surface area contributed by atoms with Crippen LogP contribution in [0.25, 0.3) is 0 Å². The van der Waals surface area contributed by atoms with E-state index in [-0.39, 0.29) is 0 Å². The number of nitrogens with one attached hydrogen (secondary N) is 1. The molecule has 0 saturated heterocycles. The number of anilines is 1. The van der Waals surface area contributed by atoms with Crippen LogP contribution in [0.15, 0.2) is 22.8 Å². The Labute approximate surface area is 125 Å². The number of hydrogen-bond acceptors (Lipinski definition) is 5. The lowest BCUT2D eigenvalue weighted by Crippen LogP contribution is -2.10. The number of rotatable bonds is 8. The monoisotopic (exact) mass is 289 g/mol. The predicted molar refractivity (Wildman–Crippen MR) is 82.6 cm³/mol. The van der Waals surface area contributed by atoms with Crippen LogP contribution in [0, 0.1) is 6.92 Å². The normalized spacial score (nSPS) is 10.6. The van der Waals surface area contributed by atoms with Gasteiger partial charge in [0, 0.05) is 13.0 Å². The van der Waals surface area contributed by atoms with Crippen LogP contribution in [0.5, 0.6) is 5.88 Å². The topological polar surface area (TPSA) is 60.2 Å². The Kier molecular flexibility index (Phi) is 5.60. The summed E-state index contributed by atoms with van der Waals surface area (Å²) < 4.78 is 11.1. The molecule has 2 rings (SSSR count). The number of nitrogens with zero attached hydrogens (tertiary/aromatic N) is 2. The summed E-state index contributed by atoms with van der Waals surface area (Å²) in [4.78, 5) is 9.09. The molecule has 2 heterocycles. The van der Waals surface area contributed by atoms with Gasteiger partial charge in [-0.3, -0.25) is 0 Å². The molecule has 0 amide bonds. The van der Waals surface area contributed by atoms with E-state index in [1.807, 2.05) is 19.1 Å². The molecule has 0 saturated carbocycles. The van der Waals surface area contributed by atoms with Crippen molar-refractivity contribution >= 4 is 5.82 Å². The molecule has 0 fully saturated rings. The summed E-state index contributed by atoms with van der Waals surface area (Å²) >= 11 is 0. The molecule has 5 heteroatoms. The molecule has 1 N–H and O–H groups in total. The van der Waals surface area contributed by atoms with Gasteiger partial charge in [0.25, 0.3) is 0 Å². The SMILES string of the molecule is CCCNc1nc(CCC)nc(OCc2ccco2)c1C. The molecule has 2 aromatic rings. The van der Waals surface area contributed by atoms with Crippen LogP contribution in [-0.2, 0) is 13.0 Å². The molecule has 0 unspecified atom stereocenters. The first-order valence-corrected chi connectivity index (χ1v) is 7.51. The Balaban J connectivity index is 2.18. The van der Waals surface area contributed by atoms with Crippen LogP contribution in [-0.4, -0.2) is 16.5 Å². The lowest BCUT2D eigenvalue weighted by molar-refractivity contribution is 0.257. The number of hydrogen-bond donors (Lipinski definition) is 1. The summed E-state index contributed by atoms with van der Waals surface area (Å²) in [7, 11) is 0. The van der Waals surface area contributed by atoms with E-state index in [2.05, 4.69) is 29.1 Å². The molecule has 0 aliphatic heterocycles. The standard InChI is InChI=1S/C16H23N3O2/c1-4-7-14-18-15(17-9-5-2)12(3)16(19-14)21-11-13-8-6-10-20-13/h6,8,10H,4-5,7,9,11H2,1-3H3,(H,17,18,19). The van der Waals surface area contributed by atoms with Crippen molar-refractivity contribution < 1.29 is 9.15 Å². The van der Waals surface area contributed by atoms with Crippen molar-refractivity contribution in [2.75, 3.05) is 11.9 Å². The van der Waals surface area contributed by atoms with Crippen molar-refractivity contribution in [1.29, 1.82) is 0 Å². The molecule has 0 aromatic carbocycles. The maximum atomic E-state index is 5.80. The highest BCUT2D eigenvalue weighted by molar-refractivity contribution is 5.48. The zero-order valence-electron chi connectivity index (χ0n) is 13.0. The fourth-order valence-electron chi connectivity index (χ4n) is 1.97. The highest BCUT2D eigenvalue weighted by atomic mass is 16.5. The van der Waals surface area contributed by atoms with Gasteiger partial charge in [-0.05, 0) is 31.9 Å². The Hall–Kier alpha value is -2.04. The fraction of sp³-hybridized carbons (Fsp3) is 0.500. The van der Waals surface area contributed by atoms with Gasteiger partial charge in [0.15, 0.2) is 0 Å². The fourth-order valence-corrected chi connectivity index (χ4v) is 1.97. The highest BCUT2D eigenvalue weighted by Gasteiger charge is 2.12. The van der Waals surface area contributed by atoms with Crippen LogP contribution in [0.2, 0.25) is 0 Å². The van der Waals surface area contributed by atoms with Gasteiger partial charge in [0.05, 0.1) is 11.8 Å². The molecule has 5 nitrogen and oxygen atoms in total. The quantitative estimate of drug-likeness (QED) is 0.802. The van der Waals surface area contributed by atoms with Crippen molar-refractivity contribution in [3.05, 3.63) is 35.5 Å². The Morgan fingerprint density at radius 3 is 2.76 bits per heavy atom. The number of ether oxygens (including phenoxy) is 1. The minimum absolute atomic E-state index is 0.379. The minimum atomic E-state index is 0.379. The van der Waals surface area contributed by atoms with E-state index in [1.54, 1.807) is 6.26 Å². The van der Waals surface area contributed by atoms with E-state index in [0.717, 1.165) is 48.8 Å². The summed E-state index contributed by atoms with van der Waals surface area (Å²) in [5.41, 5.74) is 0.940. The molecule has 2 aromatic heterocycles. The molecule has 0 aliphatic rings. The molecular weight excluding hydrogens is 266 g/mol. The molecular formula is C16H23N3O2. The van der Waals surface area contributed by atoms with Gasteiger partial charge in [-0.2, -0.15) is 4.98 Å². The lowest BCUT2D eigenvalue weighted by atomic mass is 10.2. The molecule has 114 valence electrons. The number of furan rings is 1. The maximum Gasteiger partial charge on any atom is 0.222 e. The summed E-state index contributed by atoms with van der Waals surface area (Å²) in [5, 5.41) is 3.34. The maximum absolute atomic E-state index is 5.80. The van der Waals surface area contributed by atoms with E-state index in [0.29, 0.717) is 12.5 Å². The molecule has 0 bridgehead atoms. The van der Waals surface area contributed by atoms with Gasteiger partial charge < -0.3 is 14.5 Å². The van der Waals surface area contributed by atoms with Crippen molar-refractivity contribution in [3.63, 3.8) is 0 Å². The molecule has 0 atom stereocenters. The third kappa shape index (κ3) is 4.21. The van der Waals surface area contributed by atoms with Crippen LogP contribution >= 0.6 is 0 Å². The summed E-state index contributed by atoms with van der Waals surface area (Å²) in [6.07, 6.45) is 4.55. The highest BCUT2D eigenvalue weighted by Crippen LogP contribution is 2.23. The first kappa shape index (κ1) is 15.4. The van der Waals surface area contributed by atoms with Crippen LogP contribution in [0.4, 0.5) is 5.82 Å². The van der Waals surface area contributed by atoms with Crippen LogP contribution < -0.4 is 10.1 Å². The van der Waals surface area contributed by atoms with Gasteiger partial charge in [0.2, 0.25) is 5.88 Å². The zero-order valence-corrected chi connectivity index (χ0v) is 13.0. The van der Waals surface area contributed by atoms with E-state index in [1.165, 1.54) is 0 Å². The van der Waals surface area contributed by atoms with E-state index in [4.69, 9.17) is 9.15 Å². The van der Waals surface area contributed by atoms with Crippen molar-refractivity contribution in [3.8, 4) is 5.88 Å². The number of aromatic nitrogens is 2. The second-order valence-corrected chi connectivity index (χ2v) is 4.96. The summed E-state index contributed by atoms with van der Waals surface area (Å²) in [6.45, 7) is 7.49. The smallest absolute Gasteiger partial charge is 0.222 e. The van der Waals surface area contributed by atoms with Gasteiger partial charge in [0.1, 0.15) is 24.0 Å². The first-order chi connectivity index (χ1) is 10.2. The number of aryl methyl sites for hydroxylation is 1. The third-order valence-electron chi connectivity index (χ3n) is 3.09. The lowest BCUT2D eigenvalue weighted by Gasteiger charge is -2.13. The van der Waals surface area contributed by atoms with Crippen molar-refractivity contribution in [1.82, 2.24) is 9.97 Å². The molecule has 0 radical (unpaired) electrons. The molecule has 0 spiro atoms. The van der Waals surface area contributed by atoms with Gasteiger partial charge in [-0.1, -0.05) is 13.8 Å². The van der Waals surface area contributed by atoms with Gasteiger partial charge >= 0.3 is 0 Å². The van der Waals surface area contributed by atoms with Gasteiger partial charge in [-0.15, -0.1) is 0 Å². The average Bonchev–Trinajstić information content (AvgIpc) is 2.99. The van der Waals surface area contributed by atoms with Crippen LogP contribution in [0.1, 0.15) is 43.8 Å². The van der Waals surface area contributed by atoms with E-state index in [9.17, 15) is 0 Å². The molecule has 0 aliphatic carbocycles. The predicted octanol–water partition coefficient (Wildman–Crippen LogP) is 3.73. The van der Waals surface area contributed by atoms with Crippen LogP contribution in [0.3, 0.4) is 0 Å². The van der Waals surface area contributed by atoms with Crippen molar-refractivity contribution in [2.24, 2.45) is 0 Å². The summed E-state index contributed by atoms with van der Waals surface area (Å²) in [6, 6.07) is 3.74. The first-order valence-electron chi connectivity index (χ1n) is 7.51. The second kappa shape index (κ2) is 7.67. The van der Waals surface area contributed by atoms with Gasteiger partial charge in [-0.25, -0.2) is 4.98 Å². The largest absolute Gasteiger partial charge is 0.469 e. The Morgan fingerprint density at radius 1 is 1.24 bits per heavy atom. The van der Waals surface area contributed by atoms with E-state index < -0.39 is 0 Å². The molecule has 21 heavy (non-hydrogen) atoms. The van der Waals surface area contributed by atoms with Crippen molar-refractivity contribution in [2.45, 2.75) is 46.6 Å². The Morgan fingerprint density at radius 2 is 2.10 bits per heavy atom. The third-order valence-corrected chi connectivity index (χ3v) is 3.09. The minimum Gasteiger partial charge on any atom is -0.469 e. The average molecular weight is 289 g/mol. The Bertz CT molecular complexity index is 553. The zero-order chi connectivity index (χ0) is 15.1. The van der Waals surface area contributed by atoms with E-state index >= 15 is 0 Å². The summed E-state index contributed by atoms with van der Waals surface area (Å²) in [5.74, 6) is 3.09.